The van der Waals surface area contributed by atoms with Crippen LogP contribution in [0.1, 0.15) is 31.2 Å². The average Bonchev–Trinajstić information content (AvgIpc) is 3.07. The lowest BCUT2D eigenvalue weighted by atomic mass is 9.76. The summed E-state index contributed by atoms with van der Waals surface area (Å²) in [5, 5.41) is 2.86. The molecule has 20 heavy (non-hydrogen) atoms. The van der Waals surface area contributed by atoms with E-state index < -0.39 is 0 Å². The lowest BCUT2D eigenvalue weighted by Gasteiger charge is -2.30. The minimum atomic E-state index is 0.218. The number of hydrogen-bond acceptors (Lipinski definition) is 3. The highest BCUT2D eigenvalue weighted by molar-refractivity contribution is 5.79. The number of nitrogens with zero attached hydrogens (tertiary/aromatic N) is 2. The molecule has 108 valence electrons. The van der Waals surface area contributed by atoms with Crippen LogP contribution < -0.4 is 5.32 Å². The zero-order valence-electron chi connectivity index (χ0n) is 12.1. The minimum Gasteiger partial charge on any atom is -0.359 e. The summed E-state index contributed by atoms with van der Waals surface area (Å²) < 4.78 is 0. The Morgan fingerprint density at radius 1 is 1.45 bits per heavy atom. The van der Waals surface area contributed by atoms with Gasteiger partial charge in [0.05, 0.1) is 0 Å². The Balaban J connectivity index is 1.68. The van der Waals surface area contributed by atoms with Crippen LogP contribution >= 0.6 is 0 Å². The number of pyridine rings is 1. The van der Waals surface area contributed by atoms with Gasteiger partial charge in [0.1, 0.15) is 0 Å². The topological polar surface area (TPSA) is 45.2 Å². The predicted octanol–water partition coefficient (Wildman–Crippen LogP) is 1.82. The number of carbonyl (C=O) groups is 1. The smallest absolute Gasteiger partial charge is 0.223 e. The SMILES string of the molecule is CNC(=O)[C@@H]1CCC[C@@]12CCN(Cc1ccncc1)C2. The van der Waals surface area contributed by atoms with Gasteiger partial charge in [-0.05, 0) is 48.9 Å². The molecule has 4 heteroatoms. The fraction of sp³-hybridized carbons (Fsp3) is 0.625. The molecule has 1 N–H and O–H groups in total. The third-order valence-corrected chi connectivity index (χ3v) is 5.09. The second-order valence-electron chi connectivity index (χ2n) is 6.24. The van der Waals surface area contributed by atoms with Crippen molar-refractivity contribution >= 4 is 5.91 Å². The van der Waals surface area contributed by atoms with Crippen molar-refractivity contribution in [1.82, 2.24) is 15.2 Å². The first kappa shape index (κ1) is 13.6. The highest BCUT2D eigenvalue weighted by Crippen LogP contribution is 2.49. The second-order valence-corrected chi connectivity index (χ2v) is 6.24. The summed E-state index contributed by atoms with van der Waals surface area (Å²) in [6.07, 6.45) is 8.33. The summed E-state index contributed by atoms with van der Waals surface area (Å²) in [7, 11) is 1.76. The van der Waals surface area contributed by atoms with Crippen LogP contribution in [-0.4, -0.2) is 35.9 Å². The zero-order chi connectivity index (χ0) is 14.0. The van der Waals surface area contributed by atoms with Gasteiger partial charge in [-0.2, -0.15) is 0 Å². The van der Waals surface area contributed by atoms with Crippen LogP contribution in [0.2, 0.25) is 0 Å². The molecule has 2 heterocycles. The Morgan fingerprint density at radius 3 is 3.00 bits per heavy atom. The average molecular weight is 273 g/mol. The van der Waals surface area contributed by atoms with E-state index in [-0.39, 0.29) is 17.2 Å². The van der Waals surface area contributed by atoms with Gasteiger partial charge < -0.3 is 5.32 Å². The van der Waals surface area contributed by atoms with Gasteiger partial charge in [0, 0.05) is 38.4 Å². The maximum Gasteiger partial charge on any atom is 0.223 e. The molecule has 0 radical (unpaired) electrons. The minimum absolute atomic E-state index is 0.218. The van der Waals surface area contributed by atoms with E-state index in [1.807, 2.05) is 12.4 Å². The monoisotopic (exact) mass is 273 g/mol. The molecule has 4 nitrogen and oxygen atoms in total. The van der Waals surface area contributed by atoms with Gasteiger partial charge in [-0.1, -0.05) is 6.42 Å². The summed E-state index contributed by atoms with van der Waals surface area (Å²) >= 11 is 0. The quantitative estimate of drug-likeness (QED) is 0.913. The molecule has 1 aromatic heterocycles. The molecule has 0 unspecified atom stereocenters. The molecule has 2 atom stereocenters. The van der Waals surface area contributed by atoms with Crippen LogP contribution in [0.25, 0.3) is 0 Å². The molecule has 0 aromatic carbocycles. The third-order valence-electron chi connectivity index (χ3n) is 5.09. The molecule has 0 bridgehead atoms. The van der Waals surface area contributed by atoms with E-state index in [9.17, 15) is 4.79 Å². The van der Waals surface area contributed by atoms with E-state index in [0.717, 1.165) is 32.5 Å². The molecule has 1 saturated heterocycles. The molecule has 1 aliphatic heterocycles. The van der Waals surface area contributed by atoms with Crippen molar-refractivity contribution in [2.75, 3.05) is 20.1 Å². The second kappa shape index (κ2) is 5.52. The summed E-state index contributed by atoms with van der Waals surface area (Å²) in [6, 6.07) is 4.16. The summed E-state index contributed by atoms with van der Waals surface area (Å²) in [5.74, 6) is 0.461. The summed E-state index contributed by atoms with van der Waals surface area (Å²) in [6.45, 7) is 3.15. The highest BCUT2D eigenvalue weighted by atomic mass is 16.1. The molecule has 1 amide bonds. The fourth-order valence-electron chi connectivity index (χ4n) is 4.08. The number of likely N-dealkylation sites (tertiary alicyclic amines) is 1. The van der Waals surface area contributed by atoms with Crippen LogP contribution in [-0.2, 0) is 11.3 Å². The van der Waals surface area contributed by atoms with Gasteiger partial charge >= 0.3 is 0 Å². The molecule has 1 spiro atoms. The largest absolute Gasteiger partial charge is 0.359 e. The van der Waals surface area contributed by atoms with Crippen LogP contribution in [0.5, 0.6) is 0 Å². The zero-order valence-corrected chi connectivity index (χ0v) is 12.1. The van der Waals surface area contributed by atoms with Gasteiger partial charge in [-0.25, -0.2) is 0 Å². The highest BCUT2D eigenvalue weighted by Gasteiger charge is 2.49. The van der Waals surface area contributed by atoms with Gasteiger partial charge in [0.25, 0.3) is 0 Å². The molecule has 2 fully saturated rings. The number of aromatic nitrogens is 1. The molecule has 1 saturated carbocycles. The Hall–Kier alpha value is -1.42. The molecular weight excluding hydrogens is 250 g/mol. The maximum absolute atomic E-state index is 12.1. The van der Waals surface area contributed by atoms with Crippen LogP contribution in [0, 0.1) is 11.3 Å². The first-order valence-corrected chi connectivity index (χ1v) is 7.56. The van der Waals surface area contributed by atoms with E-state index >= 15 is 0 Å². The van der Waals surface area contributed by atoms with E-state index in [0.29, 0.717) is 0 Å². The standard InChI is InChI=1S/C16H23N3O/c1-17-15(20)14-3-2-6-16(14)7-10-19(12-16)11-13-4-8-18-9-5-13/h4-5,8-9,14H,2-3,6-7,10-12H2,1H3,(H,17,20)/t14-,16-/m0/s1. The number of carbonyl (C=O) groups excluding carboxylic acids is 1. The summed E-state index contributed by atoms with van der Waals surface area (Å²) in [4.78, 5) is 18.7. The normalized spacial score (nSPS) is 29.9. The Morgan fingerprint density at radius 2 is 2.25 bits per heavy atom. The van der Waals surface area contributed by atoms with Crippen LogP contribution in [0.4, 0.5) is 0 Å². The van der Waals surface area contributed by atoms with Gasteiger partial charge in [0.15, 0.2) is 0 Å². The van der Waals surface area contributed by atoms with E-state index in [1.54, 1.807) is 7.05 Å². The first-order chi connectivity index (χ1) is 9.73. The van der Waals surface area contributed by atoms with Crippen LogP contribution in [0.15, 0.2) is 24.5 Å². The van der Waals surface area contributed by atoms with Crippen molar-refractivity contribution in [2.24, 2.45) is 11.3 Å². The van der Waals surface area contributed by atoms with Crippen molar-refractivity contribution in [3.63, 3.8) is 0 Å². The molecule has 3 rings (SSSR count). The maximum atomic E-state index is 12.1. The van der Waals surface area contributed by atoms with E-state index in [1.165, 1.54) is 18.4 Å². The lowest BCUT2D eigenvalue weighted by Crippen LogP contribution is -2.39. The van der Waals surface area contributed by atoms with Crippen molar-refractivity contribution in [1.29, 1.82) is 0 Å². The van der Waals surface area contributed by atoms with Crippen molar-refractivity contribution in [3.05, 3.63) is 30.1 Å². The van der Waals surface area contributed by atoms with Crippen LogP contribution in [0.3, 0.4) is 0 Å². The summed E-state index contributed by atoms with van der Waals surface area (Å²) in [5.41, 5.74) is 1.54. The van der Waals surface area contributed by atoms with Crippen molar-refractivity contribution in [2.45, 2.75) is 32.2 Å². The number of amides is 1. The first-order valence-electron chi connectivity index (χ1n) is 7.56. The molecule has 1 aromatic rings. The Bertz CT molecular complexity index is 476. The third kappa shape index (κ3) is 2.44. The number of rotatable bonds is 3. The fourth-order valence-corrected chi connectivity index (χ4v) is 4.08. The predicted molar refractivity (Wildman–Crippen MR) is 78.0 cm³/mol. The van der Waals surface area contributed by atoms with Crippen molar-refractivity contribution in [3.8, 4) is 0 Å². The molecular formula is C16H23N3O. The van der Waals surface area contributed by atoms with Crippen molar-refractivity contribution < 1.29 is 4.79 Å². The number of nitrogens with one attached hydrogen (secondary N) is 1. The van der Waals surface area contributed by atoms with Gasteiger partial charge in [-0.15, -0.1) is 0 Å². The number of hydrogen-bond donors (Lipinski definition) is 1. The molecule has 2 aliphatic rings. The Labute approximate surface area is 120 Å². The lowest BCUT2D eigenvalue weighted by molar-refractivity contribution is -0.127. The van der Waals surface area contributed by atoms with E-state index in [2.05, 4.69) is 27.3 Å². The van der Waals surface area contributed by atoms with Gasteiger partial charge in [-0.3, -0.25) is 14.7 Å². The van der Waals surface area contributed by atoms with Gasteiger partial charge in [0.2, 0.25) is 5.91 Å². The van der Waals surface area contributed by atoms with E-state index in [4.69, 9.17) is 0 Å². The Kier molecular flexibility index (Phi) is 3.74. The molecule has 1 aliphatic carbocycles.